The van der Waals surface area contributed by atoms with E-state index >= 15 is 0 Å². The molecule has 2 amide bonds. The van der Waals surface area contributed by atoms with E-state index in [1.54, 1.807) is 11.0 Å². The van der Waals surface area contributed by atoms with E-state index in [0.717, 1.165) is 35.5 Å². The standard InChI is InChI=1S/C23H24N2O4/c1-16(18-7-10-20-21(15-18)29-14-13-28-20)24-22(26)11-6-17-4-8-19(9-5-17)25-12-2-3-23(25)27/h4-11,15-16H,2-3,12-14H2,1H3,(H,24,26)/b11-6+. The summed E-state index contributed by atoms with van der Waals surface area (Å²) in [4.78, 5) is 25.9. The molecule has 2 aromatic rings. The molecule has 0 radical (unpaired) electrons. The highest BCUT2D eigenvalue weighted by Crippen LogP contribution is 2.32. The number of nitrogens with zero attached hydrogens (tertiary/aromatic N) is 1. The van der Waals surface area contributed by atoms with E-state index in [4.69, 9.17) is 9.47 Å². The fourth-order valence-electron chi connectivity index (χ4n) is 3.53. The van der Waals surface area contributed by atoms with Crippen LogP contribution in [0.1, 0.15) is 36.9 Å². The maximum atomic E-state index is 12.3. The number of hydrogen-bond donors (Lipinski definition) is 1. The molecular weight excluding hydrogens is 368 g/mol. The molecule has 2 heterocycles. The van der Waals surface area contributed by atoms with Crippen LogP contribution in [-0.2, 0) is 9.59 Å². The van der Waals surface area contributed by atoms with Gasteiger partial charge in [-0.1, -0.05) is 18.2 Å². The van der Waals surface area contributed by atoms with Gasteiger partial charge in [0.1, 0.15) is 13.2 Å². The smallest absolute Gasteiger partial charge is 0.244 e. The van der Waals surface area contributed by atoms with Crippen molar-refractivity contribution < 1.29 is 19.1 Å². The number of amides is 2. The largest absolute Gasteiger partial charge is 0.486 e. The van der Waals surface area contributed by atoms with Crippen LogP contribution in [0.4, 0.5) is 5.69 Å². The van der Waals surface area contributed by atoms with Gasteiger partial charge < -0.3 is 19.7 Å². The minimum atomic E-state index is -0.175. The van der Waals surface area contributed by atoms with Crippen molar-refractivity contribution in [2.75, 3.05) is 24.7 Å². The summed E-state index contributed by atoms with van der Waals surface area (Å²) in [7, 11) is 0. The third-order valence-corrected chi connectivity index (χ3v) is 5.13. The maximum absolute atomic E-state index is 12.3. The molecule has 6 nitrogen and oxygen atoms in total. The highest BCUT2D eigenvalue weighted by molar-refractivity contribution is 5.95. The number of fused-ring (bicyclic) bond motifs is 1. The van der Waals surface area contributed by atoms with Crippen molar-refractivity contribution in [1.82, 2.24) is 5.32 Å². The van der Waals surface area contributed by atoms with Crippen molar-refractivity contribution in [3.8, 4) is 11.5 Å². The second kappa shape index (κ2) is 8.39. The molecule has 1 N–H and O–H groups in total. The Kier molecular flexibility index (Phi) is 5.51. The van der Waals surface area contributed by atoms with Crippen LogP contribution in [0.15, 0.2) is 48.5 Å². The van der Waals surface area contributed by atoms with Gasteiger partial charge in [0.15, 0.2) is 11.5 Å². The van der Waals surface area contributed by atoms with E-state index in [-0.39, 0.29) is 17.9 Å². The van der Waals surface area contributed by atoms with Gasteiger partial charge in [-0.2, -0.15) is 0 Å². The van der Waals surface area contributed by atoms with Gasteiger partial charge in [0, 0.05) is 24.7 Å². The Balaban J connectivity index is 1.35. The first-order chi connectivity index (χ1) is 14.1. The number of carbonyl (C=O) groups excluding carboxylic acids is 2. The minimum absolute atomic E-state index is 0.161. The van der Waals surface area contributed by atoms with Crippen molar-refractivity contribution in [2.45, 2.75) is 25.8 Å². The Bertz CT molecular complexity index is 936. The van der Waals surface area contributed by atoms with Crippen LogP contribution in [0.25, 0.3) is 6.08 Å². The Morgan fingerprint density at radius 1 is 1.10 bits per heavy atom. The Labute approximate surface area is 170 Å². The van der Waals surface area contributed by atoms with Gasteiger partial charge in [-0.15, -0.1) is 0 Å². The molecule has 2 aliphatic rings. The summed E-state index contributed by atoms with van der Waals surface area (Å²) in [5, 5.41) is 2.96. The van der Waals surface area contributed by atoms with Gasteiger partial charge in [-0.05, 0) is 54.8 Å². The molecule has 0 spiro atoms. The zero-order chi connectivity index (χ0) is 20.2. The minimum Gasteiger partial charge on any atom is -0.486 e. The predicted octanol–water partition coefficient (Wildman–Crippen LogP) is 3.48. The first-order valence-electron chi connectivity index (χ1n) is 9.89. The fraction of sp³-hybridized carbons (Fsp3) is 0.304. The zero-order valence-corrected chi connectivity index (χ0v) is 16.4. The molecule has 0 saturated carbocycles. The molecule has 2 aliphatic heterocycles. The summed E-state index contributed by atoms with van der Waals surface area (Å²) in [6.45, 7) is 3.79. The van der Waals surface area contributed by atoms with Crippen molar-refractivity contribution in [3.05, 3.63) is 59.7 Å². The molecule has 1 fully saturated rings. The second-order valence-corrected chi connectivity index (χ2v) is 7.21. The van der Waals surface area contributed by atoms with Crippen LogP contribution < -0.4 is 19.7 Å². The van der Waals surface area contributed by atoms with Gasteiger partial charge in [0.05, 0.1) is 6.04 Å². The van der Waals surface area contributed by atoms with Crippen LogP contribution in [0.5, 0.6) is 11.5 Å². The third kappa shape index (κ3) is 4.42. The number of rotatable bonds is 5. The molecule has 0 aliphatic carbocycles. The Morgan fingerprint density at radius 3 is 2.59 bits per heavy atom. The molecule has 0 bridgehead atoms. The summed E-state index contributed by atoms with van der Waals surface area (Å²) in [6.07, 6.45) is 4.80. The van der Waals surface area contributed by atoms with Gasteiger partial charge in [0.25, 0.3) is 0 Å². The molecule has 6 heteroatoms. The lowest BCUT2D eigenvalue weighted by molar-refractivity contribution is -0.117. The highest BCUT2D eigenvalue weighted by Gasteiger charge is 2.21. The second-order valence-electron chi connectivity index (χ2n) is 7.21. The summed E-state index contributed by atoms with van der Waals surface area (Å²) in [6, 6.07) is 13.2. The van der Waals surface area contributed by atoms with E-state index in [1.165, 1.54) is 6.08 Å². The van der Waals surface area contributed by atoms with E-state index in [1.807, 2.05) is 49.4 Å². The monoisotopic (exact) mass is 392 g/mol. The quantitative estimate of drug-likeness (QED) is 0.791. The lowest BCUT2D eigenvalue weighted by Gasteiger charge is -2.20. The first kappa shape index (κ1) is 19.1. The summed E-state index contributed by atoms with van der Waals surface area (Å²) in [5.74, 6) is 1.44. The Morgan fingerprint density at radius 2 is 1.86 bits per heavy atom. The number of carbonyl (C=O) groups is 2. The number of hydrogen-bond acceptors (Lipinski definition) is 4. The molecule has 2 aromatic carbocycles. The molecular formula is C23H24N2O4. The van der Waals surface area contributed by atoms with E-state index in [2.05, 4.69) is 5.32 Å². The molecule has 1 unspecified atom stereocenters. The maximum Gasteiger partial charge on any atom is 0.244 e. The average molecular weight is 392 g/mol. The van der Waals surface area contributed by atoms with Crippen molar-refractivity contribution in [2.24, 2.45) is 0 Å². The summed E-state index contributed by atoms with van der Waals surface area (Å²) >= 11 is 0. The van der Waals surface area contributed by atoms with Crippen LogP contribution in [0.2, 0.25) is 0 Å². The zero-order valence-electron chi connectivity index (χ0n) is 16.4. The molecule has 4 rings (SSSR count). The first-order valence-corrected chi connectivity index (χ1v) is 9.89. The number of anilines is 1. The lowest BCUT2D eigenvalue weighted by atomic mass is 10.1. The van der Waals surface area contributed by atoms with Gasteiger partial charge in [0.2, 0.25) is 11.8 Å². The molecule has 1 saturated heterocycles. The number of nitrogens with one attached hydrogen (secondary N) is 1. The molecule has 29 heavy (non-hydrogen) atoms. The molecule has 1 atom stereocenters. The third-order valence-electron chi connectivity index (χ3n) is 5.13. The van der Waals surface area contributed by atoms with Crippen molar-refractivity contribution in [1.29, 1.82) is 0 Å². The highest BCUT2D eigenvalue weighted by atomic mass is 16.6. The number of ether oxygens (including phenoxy) is 2. The van der Waals surface area contributed by atoms with Gasteiger partial charge >= 0.3 is 0 Å². The van der Waals surface area contributed by atoms with E-state index in [0.29, 0.717) is 25.4 Å². The van der Waals surface area contributed by atoms with E-state index in [9.17, 15) is 9.59 Å². The molecule has 150 valence electrons. The summed E-state index contributed by atoms with van der Waals surface area (Å²) < 4.78 is 11.1. The van der Waals surface area contributed by atoms with Crippen molar-refractivity contribution >= 4 is 23.6 Å². The van der Waals surface area contributed by atoms with Crippen LogP contribution >= 0.6 is 0 Å². The van der Waals surface area contributed by atoms with Gasteiger partial charge in [-0.25, -0.2) is 0 Å². The van der Waals surface area contributed by atoms with Gasteiger partial charge in [-0.3, -0.25) is 9.59 Å². The summed E-state index contributed by atoms with van der Waals surface area (Å²) in [5.41, 5.74) is 2.76. The SMILES string of the molecule is CC(NC(=O)/C=C/c1ccc(N2CCCC2=O)cc1)c1ccc2c(c1)OCCO2. The van der Waals surface area contributed by atoms with Crippen molar-refractivity contribution in [3.63, 3.8) is 0 Å². The van der Waals surface area contributed by atoms with E-state index < -0.39 is 0 Å². The molecule has 0 aromatic heterocycles. The fourth-order valence-corrected chi connectivity index (χ4v) is 3.53. The lowest BCUT2D eigenvalue weighted by Crippen LogP contribution is -2.25. The normalized spacial score (nSPS) is 16.9. The topological polar surface area (TPSA) is 67.9 Å². The average Bonchev–Trinajstić information content (AvgIpc) is 3.18. The van der Waals surface area contributed by atoms with Crippen LogP contribution in [-0.4, -0.2) is 31.6 Å². The number of benzene rings is 2. The predicted molar refractivity (Wildman–Crippen MR) is 111 cm³/mol. The van der Waals surface area contributed by atoms with Crippen LogP contribution in [0.3, 0.4) is 0 Å². The Hall–Kier alpha value is -3.28. The van der Waals surface area contributed by atoms with Crippen LogP contribution in [0, 0.1) is 0 Å².